The molecule has 1 aliphatic rings. The lowest BCUT2D eigenvalue weighted by Gasteiger charge is -2.22. The van der Waals surface area contributed by atoms with Gasteiger partial charge in [-0.25, -0.2) is 0 Å². The second kappa shape index (κ2) is 6.12. The normalized spacial score (nSPS) is 17.5. The lowest BCUT2D eigenvalue weighted by atomic mass is 9.94. The highest BCUT2D eigenvalue weighted by atomic mass is 32.2. The maximum Gasteiger partial charge on any atom is 0.282 e. The van der Waals surface area contributed by atoms with Crippen molar-refractivity contribution in [2.45, 2.75) is 25.7 Å². The zero-order valence-electron chi connectivity index (χ0n) is 13.9. The summed E-state index contributed by atoms with van der Waals surface area (Å²) in [6.45, 7) is 5.28. The summed E-state index contributed by atoms with van der Waals surface area (Å²) in [7, 11) is -0.341. The number of likely N-dealkylation sites (N-methyl/N-ethyl adjacent to an activating group) is 1. The minimum absolute atomic E-state index is 0.112. The van der Waals surface area contributed by atoms with Crippen LogP contribution in [-0.2, 0) is 14.8 Å². The molecule has 0 fully saturated rings. The van der Waals surface area contributed by atoms with E-state index in [1.165, 1.54) is 18.2 Å². The van der Waals surface area contributed by atoms with Gasteiger partial charge in [0.2, 0.25) is 5.78 Å². The quantitative estimate of drug-likeness (QED) is 0.798. The number of hydrogen-bond donors (Lipinski definition) is 0. The average molecular weight is 332 g/mol. The van der Waals surface area contributed by atoms with Crippen LogP contribution >= 0.6 is 0 Å². The van der Waals surface area contributed by atoms with E-state index in [9.17, 15) is 13.2 Å². The zero-order chi connectivity index (χ0) is 17.4. The number of hydrogen-bond acceptors (Lipinski definition) is 4. The van der Waals surface area contributed by atoms with E-state index in [1.54, 1.807) is 45.0 Å². The number of nitrogens with zero attached hydrogens (tertiary/aromatic N) is 2. The Kier molecular flexibility index (Phi) is 4.56. The maximum absolute atomic E-state index is 12.5. The van der Waals surface area contributed by atoms with Gasteiger partial charge in [-0.3, -0.25) is 4.79 Å². The predicted molar refractivity (Wildman–Crippen MR) is 91.0 cm³/mol. The van der Waals surface area contributed by atoms with E-state index in [4.69, 9.17) is 0 Å². The summed E-state index contributed by atoms with van der Waals surface area (Å²) in [5.41, 5.74) is 2.78. The molecule has 0 aliphatic heterocycles. The summed E-state index contributed by atoms with van der Waals surface area (Å²) in [6, 6.07) is 6.52. The van der Waals surface area contributed by atoms with Gasteiger partial charge in [0.05, 0.1) is 16.3 Å². The number of carbonyl (C=O) groups is 1. The van der Waals surface area contributed by atoms with E-state index >= 15 is 0 Å². The fourth-order valence-electron chi connectivity index (χ4n) is 2.18. The third-order valence-corrected chi connectivity index (χ3v) is 5.12. The van der Waals surface area contributed by atoms with Gasteiger partial charge in [-0.2, -0.15) is 12.8 Å². The van der Waals surface area contributed by atoms with Crippen LogP contribution in [0.4, 0.5) is 0 Å². The molecular formula is C17H20N2O3S. The van der Waals surface area contributed by atoms with Crippen LogP contribution in [-0.4, -0.2) is 38.9 Å². The molecule has 0 aromatic heterocycles. The number of aryl methyl sites for hydroxylation is 1. The molecule has 0 unspecified atom stereocenters. The Morgan fingerprint density at radius 3 is 2.04 bits per heavy atom. The number of carbonyl (C=O) groups excluding carboxylic acids is 1. The fourth-order valence-corrected chi connectivity index (χ4v) is 3.21. The second-order valence-electron chi connectivity index (χ2n) is 5.77. The molecule has 0 amide bonds. The molecule has 23 heavy (non-hydrogen) atoms. The first-order valence-electron chi connectivity index (χ1n) is 7.16. The lowest BCUT2D eigenvalue weighted by molar-refractivity contribution is -0.113. The number of allylic oxidation sites excluding steroid dienone is 3. The largest absolute Gasteiger partial charge is 0.374 e. The lowest BCUT2D eigenvalue weighted by Crippen LogP contribution is -2.26. The third-order valence-electron chi connectivity index (χ3n) is 3.81. The Balaban J connectivity index is 2.56. The van der Waals surface area contributed by atoms with E-state index in [2.05, 4.69) is 4.40 Å². The number of rotatable bonds is 3. The highest BCUT2D eigenvalue weighted by molar-refractivity contribution is 7.90. The monoisotopic (exact) mass is 332 g/mol. The summed E-state index contributed by atoms with van der Waals surface area (Å²) >= 11 is 0. The van der Waals surface area contributed by atoms with Gasteiger partial charge in [-0.15, -0.1) is 0 Å². The van der Waals surface area contributed by atoms with Crippen molar-refractivity contribution in [3.63, 3.8) is 0 Å². The predicted octanol–water partition coefficient (Wildman–Crippen LogP) is 2.49. The standard InChI is InChI=1S/C17H20N2O3S/c1-11-6-8-14(9-7-11)23(21,22)18-15-10-16(19(4)5)17(20)13(3)12(15)2/h6-10H,1-5H3. The van der Waals surface area contributed by atoms with Crippen LogP contribution in [0.15, 0.2) is 56.5 Å². The third kappa shape index (κ3) is 3.42. The number of benzene rings is 1. The number of Topliss-reactive ketones (excluding diaryl/α,β-unsaturated/α-hetero) is 1. The molecule has 0 saturated heterocycles. The van der Waals surface area contributed by atoms with Crippen LogP contribution in [0.2, 0.25) is 0 Å². The Morgan fingerprint density at radius 1 is 0.957 bits per heavy atom. The molecule has 1 aromatic carbocycles. The van der Waals surface area contributed by atoms with Crippen LogP contribution in [0.1, 0.15) is 19.4 Å². The van der Waals surface area contributed by atoms with Crippen molar-refractivity contribution in [1.29, 1.82) is 0 Å². The summed E-state index contributed by atoms with van der Waals surface area (Å²) < 4.78 is 28.9. The molecule has 0 N–H and O–H groups in total. The highest BCUT2D eigenvalue weighted by Crippen LogP contribution is 2.23. The van der Waals surface area contributed by atoms with Gasteiger partial charge in [0, 0.05) is 19.7 Å². The van der Waals surface area contributed by atoms with Crippen molar-refractivity contribution in [2.24, 2.45) is 4.40 Å². The first-order chi connectivity index (χ1) is 10.6. The molecule has 122 valence electrons. The molecule has 0 radical (unpaired) electrons. The van der Waals surface area contributed by atoms with Crippen molar-refractivity contribution >= 4 is 21.5 Å². The molecule has 0 bridgehead atoms. The second-order valence-corrected chi connectivity index (χ2v) is 7.37. The smallest absolute Gasteiger partial charge is 0.282 e. The molecule has 0 spiro atoms. The Hall–Kier alpha value is -2.21. The van der Waals surface area contributed by atoms with Gasteiger partial charge in [-0.1, -0.05) is 17.7 Å². The van der Waals surface area contributed by atoms with E-state index in [-0.39, 0.29) is 10.7 Å². The summed E-state index contributed by atoms with van der Waals surface area (Å²) in [4.78, 5) is 14.0. The molecule has 2 rings (SSSR count). The van der Waals surface area contributed by atoms with Crippen LogP contribution in [0.3, 0.4) is 0 Å². The van der Waals surface area contributed by atoms with E-state index in [0.29, 0.717) is 22.6 Å². The van der Waals surface area contributed by atoms with Crippen molar-refractivity contribution in [3.8, 4) is 0 Å². The van der Waals surface area contributed by atoms with E-state index < -0.39 is 10.0 Å². The Morgan fingerprint density at radius 2 is 1.52 bits per heavy atom. The van der Waals surface area contributed by atoms with Gasteiger partial charge in [-0.05, 0) is 44.6 Å². The Bertz CT molecular complexity index is 842. The topological polar surface area (TPSA) is 66.8 Å². The van der Waals surface area contributed by atoms with Gasteiger partial charge in [0.15, 0.2) is 0 Å². The molecule has 0 atom stereocenters. The number of sulfonamides is 1. The summed E-state index contributed by atoms with van der Waals surface area (Å²) in [5, 5.41) is 0. The van der Waals surface area contributed by atoms with Crippen LogP contribution < -0.4 is 0 Å². The van der Waals surface area contributed by atoms with Crippen molar-refractivity contribution in [2.75, 3.05) is 14.1 Å². The van der Waals surface area contributed by atoms with E-state index in [1.807, 2.05) is 6.92 Å². The fraction of sp³-hybridized carbons (Fsp3) is 0.294. The molecule has 6 heteroatoms. The van der Waals surface area contributed by atoms with Gasteiger partial charge in [0.1, 0.15) is 0 Å². The van der Waals surface area contributed by atoms with Crippen LogP contribution in [0, 0.1) is 6.92 Å². The van der Waals surface area contributed by atoms with Gasteiger partial charge < -0.3 is 4.90 Å². The van der Waals surface area contributed by atoms with Crippen molar-refractivity contribution in [1.82, 2.24) is 4.90 Å². The molecule has 0 heterocycles. The SMILES string of the molecule is CC1=C(C)C(=NS(=O)(=O)c2ccc(C)cc2)C=C(N(C)C)C1=O. The summed E-state index contributed by atoms with van der Waals surface area (Å²) in [5.74, 6) is -0.112. The summed E-state index contributed by atoms with van der Waals surface area (Å²) in [6.07, 6.45) is 1.52. The molecule has 1 aliphatic carbocycles. The maximum atomic E-state index is 12.5. The molecule has 5 nitrogen and oxygen atoms in total. The minimum Gasteiger partial charge on any atom is -0.374 e. The van der Waals surface area contributed by atoms with E-state index in [0.717, 1.165) is 5.56 Å². The number of ketones is 1. The molecule has 0 saturated carbocycles. The van der Waals surface area contributed by atoms with Crippen LogP contribution in [0.25, 0.3) is 0 Å². The average Bonchev–Trinajstić information content (AvgIpc) is 2.48. The first kappa shape index (κ1) is 17.1. The van der Waals surface area contributed by atoms with Crippen molar-refractivity contribution < 1.29 is 13.2 Å². The first-order valence-corrected chi connectivity index (χ1v) is 8.60. The van der Waals surface area contributed by atoms with Crippen molar-refractivity contribution in [3.05, 3.63) is 52.7 Å². The van der Waals surface area contributed by atoms with Gasteiger partial charge >= 0.3 is 0 Å². The molecule has 1 aromatic rings. The van der Waals surface area contributed by atoms with Crippen LogP contribution in [0.5, 0.6) is 0 Å². The molecular weight excluding hydrogens is 312 g/mol. The zero-order valence-corrected chi connectivity index (χ0v) is 14.7. The Labute approximate surface area is 137 Å². The highest BCUT2D eigenvalue weighted by Gasteiger charge is 2.25. The minimum atomic E-state index is -3.82. The van der Waals surface area contributed by atoms with Gasteiger partial charge in [0.25, 0.3) is 10.0 Å².